The molecule has 0 atom stereocenters. The number of nitrogens with zero attached hydrogens (tertiary/aromatic N) is 3. The molecule has 0 bridgehead atoms. The maximum atomic E-state index is 10.0. The van der Waals surface area contributed by atoms with Crippen molar-refractivity contribution in [2.75, 3.05) is 0 Å². The van der Waals surface area contributed by atoms with Crippen LogP contribution in [0.15, 0.2) is 35.5 Å². The molecule has 1 aromatic carbocycles. The summed E-state index contributed by atoms with van der Waals surface area (Å²) in [6.45, 7) is 0. The van der Waals surface area contributed by atoms with Crippen molar-refractivity contribution in [3.8, 4) is 0 Å². The average Bonchev–Trinajstić information content (AvgIpc) is 2.19. The van der Waals surface area contributed by atoms with Crippen LogP contribution >= 0.6 is 0 Å². The van der Waals surface area contributed by atoms with Crippen molar-refractivity contribution in [1.29, 1.82) is 0 Å². The molecule has 1 rings (SSSR count). The van der Waals surface area contributed by atoms with E-state index in [0.717, 1.165) is 11.8 Å². The molecule has 70 valence electrons. The second kappa shape index (κ2) is 5.56. The van der Waals surface area contributed by atoms with Crippen molar-refractivity contribution in [1.82, 2.24) is 0 Å². The Hall–Kier alpha value is -2.06. The lowest BCUT2D eigenvalue weighted by Crippen LogP contribution is -1.71. The minimum Gasteiger partial charge on any atom is -0.303 e. The van der Waals surface area contributed by atoms with Gasteiger partial charge in [-0.3, -0.25) is 0 Å². The zero-order chi connectivity index (χ0) is 10.2. The topological polar surface area (TPSA) is 65.8 Å². The lowest BCUT2D eigenvalue weighted by molar-refractivity contribution is -0.107. The van der Waals surface area contributed by atoms with Gasteiger partial charge < -0.3 is 4.79 Å². The molecule has 0 N–H and O–H groups in total. The fourth-order valence-corrected chi connectivity index (χ4v) is 1.00. The van der Waals surface area contributed by atoms with Gasteiger partial charge in [-0.15, -0.1) is 0 Å². The number of azide groups is 1. The number of aldehydes is 1. The van der Waals surface area contributed by atoms with Gasteiger partial charge in [0.2, 0.25) is 0 Å². The van der Waals surface area contributed by atoms with Gasteiger partial charge in [-0.25, -0.2) is 0 Å². The normalized spacial score (nSPS) is 9.71. The summed E-state index contributed by atoms with van der Waals surface area (Å²) in [5.74, 6) is 0. The molecule has 4 nitrogen and oxygen atoms in total. The molecule has 0 aromatic heterocycles. The first kappa shape index (κ1) is 10.0. The Morgan fingerprint density at radius 2 is 2.36 bits per heavy atom. The summed E-state index contributed by atoms with van der Waals surface area (Å²) in [5.41, 5.74) is 9.70. The quantitative estimate of drug-likeness (QED) is 0.309. The molecule has 14 heavy (non-hydrogen) atoms. The highest BCUT2D eigenvalue weighted by molar-refractivity contribution is 5.59. The van der Waals surface area contributed by atoms with E-state index in [4.69, 9.17) is 5.53 Å². The molecule has 0 saturated carbocycles. The first-order valence-corrected chi connectivity index (χ1v) is 4.12. The van der Waals surface area contributed by atoms with Gasteiger partial charge in [0.25, 0.3) is 0 Å². The van der Waals surface area contributed by atoms with E-state index in [2.05, 4.69) is 10.0 Å². The van der Waals surface area contributed by atoms with Crippen LogP contribution in [0.1, 0.15) is 12.0 Å². The van der Waals surface area contributed by atoms with Crippen molar-refractivity contribution in [2.24, 2.45) is 5.11 Å². The SMILES string of the molecule is [N-]=[N+]=Nc1cccc(C=CCC=O)c1. The third-order valence-electron chi connectivity index (χ3n) is 1.57. The molecule has 0 unspecified atom stereocenters. The molecule has 0 amide bonds. The number of carbonyl (C=O) groups is 1. The average molecular weight is 187 g/mol. The van der Waals surface area contributed by atoms with E-state index in [0.29, 0.717) is 12.1 Å². The van der Waals surface area contributed by atoms with E-state index >= 15 is 0 Å². The van der Waals surface area contributed by atoms with E-state index < -0.39 is 0 Å². The Morgan fingerprint density at radius 1 is 1.50 bits per heavy atom. The smallest absolute Gasteiger partial charge is 0.123 e. The minimum atomic E-state index is 0.395. The number of carbonyl (C=O) groups excluding carboxylic acids is 1. The van der Waals surface area contributed by atoms with Crippen LogP contribution in [0.5, 0.6) is 0 Å². The zero-order valence-corrected chi connectivity index (χ0v) is 7.50. The van der Waals surface area contributed by atoms with Crippen LogP contribution in [-0.4, -0.2) is 6.29 Å². The molecule has 0 fully saturated rings. The molecule has 0 radical (unpaired) electrons. The van der Waals surface area contributed by atoms with E-state index in [1.54, 1.807) is 24.3 Å². The molecule has 0 aliphatic carbocycles. The molecular formula is C10H9N3O. The molecular weight excluding hydrogens is 178 g/mol. The van der Waals surface area contributed by atoms with Crippen molar-refractivity contribution in [2.45, 2.75) is 6.42 Å². The Balaban J connectivity index is 2.82. The number of rotatable bonds is 4. The Labute approximate surface area is 81.5 Å². The van der Waals surface area contributed by atoms with Gasteiger partial charge in [-0.2, -0.15) is 0 Å². The van der Waals surface area contributed by atoms with Crippen LogP contribution < -0.4 is 0 Å². The van der Waals surface area contributed by atoms with Crippen molar-refractivity contribution in [3.05, 3.63) is 46.3 Å². The number of allylic oxidation sites excluding steroid dienone is 1. The summed E-state index contributed by atoms with van der Waals surface area (Å²) in [4.78, 5) is 12.7. The molecule has 4 heteroatoms. The molecule has 0 saturated heterocycles. The first-order valence-electron chi connectivity index (χ1n) is 4.12. The molecule has 1 aromatic rings. The highest BCUT2D eigenvalue weighted by atomic mass is 16.1. The summed E-state index contributed by atoms with van der Waals surface area (Å²) in [5, 5.41) is 3.47. The number of benzene rings is 1. The van der Waals surface area contributed by atoms with Gasteiger partial charge in [0, 0.05) is 17.0 Å². The Morgan fingerprint density at radius 3 is 3.07 bits per heavy atom. The highest BCUT2D eigenvalue weighted by Gasteiger charge is 1.89. The van der Waals surface area contributed by atoms with Crippen LogP contribution in [0.2, 0.25) is 0 Å². The fraction of sp³-hybridized carbons (Fsp3) is 0.100. The van der Waals surface area contributed by atoms with Gasteiger partial charge in [0.15, 0.2) is 0 Å². The van der Waals surface area contributed by atoms with Crippen LogP contribution in [0.3, 0.4) is 0 Å². The monoisotopic (exact) mass is 187 g/mol. The third-order valence-corrected chi connectivity index (χ3v) is 1.57. The second-order valence-corrected chi connectivity index (χ2v) is 2.59. The zero-order valence-electron chi connectivity index (χ0n) is 7.50. The maximum absolute atomic E-state index is 10.0. The van der Waals surface area contributed by atoms with Crippen molar-refractivity contribution < 1.29 is 4.79 Å². The third kappa shape index (κ3) is 3.13. The van der Waals surface area contributed by atoms with Gasteiger partial charge in [-0.1, -0.05) is 35.5 Å². The van der Waals surface area contributed by atoms with Gasteiger partial charge in [0.05, 0.1) is 0 Å². The van der Waals surface area contributed by atoms with E-state index in [1.165, 1.54) is 0 Å². The largest absolute Gasteiger partial charge is 0.303 e. The number of hydrogen-bond acceptors (Lipinski definition) is 2. The minimum absolute atomic E-state index is 0.395. The summed E-state index contributed by atoms with van der Waals surface area (Å²) in [6, 6.07) is 7.14. The van der Waals surface area contributed by atoms with Gasteiger partial charge >= 0.3 is 0 Å². The number of hydrogen-bond donors (Lipinski definition) is 0. The Kier molecular flexibility index (Phi) is 3.98. The highest BCUT2D eigenvalue weighted by Crippen LogP contribution is 2.15. The molecule has 0 heterocycles. The fourth-order valence-electron chi connectivity index (χ4n) is 1.00. The van der Waals surface area contributed by atoms with Crippen LogP contribution in [-0.2, 0) is 4.79 Å². The maximum Gasteiger partial charge on any atom is 0.123 e. The van der Waals surface area contributed by atoms with Gasteiger partial charge in [0.1, 0.15) is 6.29 Å². The first-order chi connectivity index (χ1) is 6.86. The van der Waals surface area contributed by atoms with Gasteiger partial charge in [-0.05, 0) is 17.2 Å². The standard InChI is InChI=1S/C10H9N3O/c11-13-12-10-6-3-5-9(8-10)4-1-2-7-14/h1,3-8H,2H2. The predicted molar refractivity (Wildman–Crippen MR) is 55.0 cm³/mol. The lowest BCUT2D eigenvalue weighted by atomic mass is 10.2. The summed E-state index contributed by atoms with van der Waals surface area (Å²) < 4.78 is 0. The molecule has 0 spiro atoms. The lowest BCUT2D eigenvalue weighted by Gasteiger charge is -1.94. The van der Waals surface area contributed by atoms with E-state index in [9.17, 15) is 4.79 Å². The van der Waals surface area contributed by atoms with Crippen LogP contribution in [0.25, 0.3) is 16.5 Å². The van der Waals surface area contributed by atoms with E-state index in [-0.39, 0.29) is 0 Å². The van der Waals surface area contributed by atoms with Crippen molar-refractivity contribution in [3.63, 3.8) is 0 Å². The summed E-state index contributed by atoms with van der Waals surface area (Å²) >= 11 is 0. The second-order valence-electron chi connectivity index (χ2n) is 2.59. The molecule has 0 aliphatic heterocycles. The van der Waals surface area contributed by atoms with Crippen LogP contribution in [0, 0.1) is 0 Å². The molecule has 0 aliphatic rings. The van der Waals surface area contributed by atoms with E-state index in [1.807, 2.05) is 12.1 Å². The van der Waals surface area contributed by atoms with Crippen molar-refractivity contribution >= 4 is 18.0 Å². The summed E-state index contributed by atoms with van der Waals surface area (Å²) in [6.07, 6.45) is 4.78. The summed E-state index contributed by atoms with van der Waals surface area (Å²) in [7, 11) is 0. The predicted octanol–water partition coefficient (Wildman–Crippen LogP) is 3.23. The Bertz CT molecular complexity index is 392. The van der Waals surface area contributed by atoms with Crippen LogP contribution in [0.4, 0.5) is 5.69 Å².